The minimum atomic E-state index is -0.849. The number of nitrogens with one attached hydrogen (secondary N) is 2. The maximum atomic E-state index is 12.1. The lowest BCUT2D eigenvalue weighted by Crippen LogP contribution is -2.39. The highest BCUT2D eigenvalue weighted by Gasteiger charge is 2.16. The van der Waals surface area contributed by atoms with Crippen LogP contribution in [0, 0.1) is 0 Å². The molecule has 1 atom stereocenters. The molecular formula is C24H22ClN3O3. The molecule has 158 valence electrons. The quantitative estimate of drug-likeness (QED) is 0.331. The Bertz CT molecular complexity index is 1050. The van der Waals surface area contributed by atoms with Crippen LogP contribution in [0.2, 0.25) is 5.02 Å². The van der Waals surface area contributed by atoms with Crippen LogP contribution >= 0.6 is 11.6 Å². The molecule has 0 saturated heterocycles. The van der Waals surface area contributed by atoms with E-state index in [4.69, 9.17) is 16.3 Å². The van der Waals surface area contributed by atoms with Gasteiger partial charge >= 0.3 is 11.8 Å². The molecule has 6 nitrogen and oxygen atoms in total. The Morgan fingerprint density at radius 3 is 2.39 bits per heavy atom. The molecule has 0 heterocycles. The van der Waals surface area contributed by atoms with Gasteiger partial charge in [0.1, 0.15) is 12.4 Å². The van der Waals surface area contributed by atoms with Crippen LogP contribution in [0.4, 0.5) is 0 Å². The van der Waals surface area contributed by atoms with Crippen molar-refractivity contribution in [3.8, 4) is 5.75 Å². The zero-order valence-corrected chi connectivity index (χ0v) is 17.7. The molecule has 0 saturated carbocycles. The molecule has 3 aromatic rings. The summed E-state index contributed by atoms with van der Waals surface area (Å²) in [6.45, 7) is 2.16. The topological polar surface area (TPSA) is 79.8 Å². The molecule has 3 aromatic carbocycles. The van der Waals surface area contributed by atoms with Crippen molar-refractivity contribution in [2.24, 2.45) is 5.10 Å². The molecule has 0 bridgehead atoms. The molecule has 2 amide bonds. The summed E-state index contributed by atoms with van der Waals surface area (Å²) in [6, 6.07) is 23.7. The maximum absolute atomic E-state index is 12.1. The zero-order valence-electron chi connectivity index (χ0n) is 16.9. The van der Waals surface area contributed by atoms with Gasteiger partial charge in [0.05, 0.1) is 12.3 Å². The number of rotatable bonds is 7. The third-order valence-electron chi connectivity index (χ3n) is 4.45. The molecule has 0 spiro atoms. The first-order valence-corrected chi connectivity index (χ1v) is 10.1. The van der Waals surface area contributed by atoms with Crippen molar-refractivity contribution in [2.45, 2.75) is 19.6 Å². The second-order valence-corrected chi connectivity index (χ2v) is 7.19. The van der Waals surface area contributed by atoms with E-state index < -0.39 is 11.8 Å². The number of carbonyl (C=O) groups is 2. The van der Waals surface area contributed by atoms with Crippen LogP contribution in [0.25, 0.3) is 0 Å². The second-order valence-electron chi connectivity index (χ2n) is 6.76. The van der Waals surface area contributed by atoms with Crippen molar-refractivity contribution < 1.29 is 14.3 Å². The smallest absolute Gasteiger partial charge is 0.329 e. The molecule has 0 aliphatic rings. The Balaban J connectivity index is 1.54. The largest absolute Gasteiger partial charge is 0.488 e. The van der Waals surface area contributed by atoms with E-state index in [2.05, 4.69) is 15.8 Å². The Kier molecular flexibility index (Phi) is 7.79. The van der Waals surface area contributed by atoms with Gasteiger partial charge in [-0.1, -0.05) is 66.2 Å². The highest BCUT2D eigenvalue weighted by molar-refractivity contribution is 6.35. The molecule has 31 heavy (non-hydrogen) atoms. The monoisotopic (exact) mass is 435 g/mol. The van der Waals surface area contributed by atoms with Crippen LogP contribution in [0.3, 0.4) is 0 Å². The number of ether oxygens (including phenoxy) is 1. The number of hydrazone groups is 1. The van der Waals surface area contributed by atoms with E-state index in [0.717, 1.165) is 11.1 Å². The zero-order chi connectivity index (χ0) is 22.1. The van der Waals surface area contributed by atoms with Gasteiger partial charge in [0.2, 0.25) is 0 Å². The van der Waals surface area contributed by atoms with Gasteiger partial charge < -0.3 is 10.1 Å². The molecular weight excluding hydrogens is 414 g/mol. The predicted octanol–water partition coefficient (Wildman–Crippen LogP) is 4.25. The van der Waals surface area contributed by atoms with Crippen molar-refractivity contribution in [2.75, 3.05) is 0 Å². The summed E-state index contributed by atoms with van der Waals surface area (Å²) in [7, 11) is 0. The molecule has 7 heteroatoms. The predicted molar refractivity (Wildman–Crippen MR) is 121 cm³/mol. The fourth-order valence-electron chi connectivity index (χ4n) is 2.76. The second kappa shape index (κ2) is 10.9. The number of carbonyl (C=O) groups excluding carboxylic acids is 2. The van der Waals surface area contributed by atoms with Gasteiger partial charge in [-0.2, -0.15) is 5.10 Å². The van der Waals surface area contributed by atoms with Crippen molar-refractivity contribution in [3.05, 3.63) is 101 Å². The summed E-state index contributed by atoms with van der Waals surface area (Å²) < 4.78 is 5.84. The molecule has 0 fully saturated rings. The van der Waals surface area contributed by atoms with E-state index >= 15 is 0 Å². The van der Waals surface area contributed by atoms with Gasteiger partial charge in [0.25, 0.3) is 0 Å². The Labute approximate surface area is 185 Å². The third kappa shape index (κ3) is 6.69. The average Bonchev–Trinajstić information content (AvgIpc) is 2.80. The van der Waals surface area contributed by atoms with Crippen LogP contribution in [-0.2, 0) is 16.2 Å². The summed E-state index contributed by atoms with van der Waals surface area (Å²) in [5.41, 5.74) is 4.77. The van der Waals surface area contributed by atoms with E-state index in [0.29, 0.717) is 22.9 Å². The number of hydrogen-bond donors (Lipinski definition) is 2. The van der Waals surface area contributed by atoms with Crippen LogP contribution in [0.1, 0.15) is 29.7 Å². The van der Waals surface area contributed by atoms with Crippen LogP contribution in [-0.4, -0.2) is 18.0 Å². The normalized spacial score (nSPS) is 11.7. The molecule has 0 unspecified atom stereocenters. The van der Waals surface area contributed by atoms with Gasteiger partial charge in [-0.3, -0.25) is 9.59 Å². The Hall–Kier alpha value is -3.64. The first-order valence-electron chi connectivity index (χ1n) is 9.68. The number of hydrogen-bond acceptors (Lipinski definition) is 4. The van der Waals surface area contributed by atoms with Crippen molar-refractivity contribution >= 4 is 29.6 Å². The number of amides is 2. The highest BCUT2D eigenvalue weighted by Crippen LogP contribution is 2.18. The maximum Gasteiger partial charge on any atom is 0.329 e. The van der Waals surface area contributed by atoms with E-state index in [9.17, 15) is 9.59 Å². The lowest BCUT2D eigenvalue weighted by molar-refractivity contribution is -0.139. The lowest BCUT2D eigenvalue weighted by atomic mass is 10.1. The van der Waals surface area contributed by atoms with E-state index in [-0.39, 0.29) is 6.04 Å². The van der Waals surface area contributed by atoms with Gasteiger partial charge in [0, 0.05) is 10.6 Å². The van der Waals surface area contributed by atoms with Crippen LogP contribution in [0.15, 0.2) is 84.0 Å². The van der Waals surface area contributed by atoms with Crippen molar-refractivity contribution in [1.82, 2.24) is 10.7 Å². The van der Waals surface area contributed by atoms with Crippen LogP contribution in [0.5, 0.6) is 5.75 Å². The van der Waals surface area contributed by atoms with Gasteiger partial charge in [-0.05, 0) is 42.3 Å². The number of halogens is 1. The van der Waals surface area contributed by atoms with Crippen molar-refractivity contribution in [1.29, 1.82) is 0 Å². The summed E-state index contributed by atoms with van der Waals surface area (Å²) in [6.07, 6.45) is 1.43. The lowest BCUT2D eigenvalue weighted by Gasteiger charge is -2.13. The molecule has 0 aliphatic heterocycles. The molecule has 3 rings (SSSR count). The number of benzene rings is 3. The fourth-order valence-corrected chi connectivity index (χ4v) is 2.88. The Morgan fingerprint density at radius 2 is 1.65 bits per heavy atom. The van der Waals surface area contributed by atoms with E-state index in [1.807, 2.05) is 54.6 Å². The summed E-state index contributed by atoms with van der Waals surface area (Å²) in [5.74, 6) is -1.02. The third-order valence-corrected chi connectivity index (χ3v) is 4.70. The van der Waals surface area contributed by atoms with E-state index in [1.54, 1.807) is 31.2 Å². The molecule has 0 radical (unpaired) electrons. The SMILES string of the molecule is C[C@@H](NC(=O)C(=O)N/N=C\c1ccccc1OCc1ccc(Cl)cc1)c1ccccc1. The summed E-state index contributed by atoms with van der Waals surface area (Å²) >= 11 is 5.90. The first-order chi connectivity index (χ1) is 15.0. The average molecular weight is 436 g/mol. The minimum absolute atomic E-state index is 0.301. The van der Waals surface area contributed by atoms with Crippen LogP contribution < -0.4 is 15.5 Å². The first kappa shape index (κ1) is 22.1. The number of para-hydroxylation sites is 1. The van der Waals surface area contributed by atoms with E-state index in [1.165, 1.54) is 6.21 Å². The van der Waals surface area contributed by atoms with Gasteiger partial charge in [0.15, 0.2) is 0 Å². The molecule has 2 N–H and O–H groups in total. The van der Waals surface area contributed by atoms with Gasteiger partial charge in [-0.15, -0.1) is 0 Å². The molecule has 0 aromatic heterocycles. The summed E-state index contributed by atoms with van der Waals surface area (Å²) in [5, 5.41) is 7.19. The van der Waals surface area contributed by atoms with Crippen molar-refractivity contribution in [3.63, 3.8) is 0 Å². The van der Waals surface area contributed by atoms with Gasteiger partial charge in [-0.25, -0.2) is 5.43 Å². The highest BCUT2D eigenvalue weighted by atomic mass is 35.5. The Morgan fingerprint density at radius 1 is 0.968 bits per heavy atom. The number of nitrogens with zero attached hydrogens (tertiary/aromatic N) is 1. The standard InChI is InChI=1S/C24H22ClN3O3/c1-17(19-7-3-2-4-8-19)27-23(29)24(30)28-26-15-20-9-5-6-10-22(20)31-16-18-11-13-21(25)14-12-18/h2-15,17H,16H2,1H3,(H,27,29)(H,28,30)/b26-15-/t17-/m1/s1. The fraction of sp³-hybridized carbons (Fsp3) is 0.125. The molecule has 0 aliphatic carbocycles. The summed E-state index contributed by atoms with van der Waals surface area (Å²) in [4.78, 5) is 24.1. The minimum Gasteiger partial charge on any atom is -0.488 e.